The van der Waals surface area contributed by atoms with Crippen molar-refractivity contribution in [3.63, 3.8) is 0 Å². The normalized spacial score (nSPS) is 16.3. The van der Waals surface area contributed by atoms with Crippen LogP contribution in [0.2, 0.25) is 0 Å². The van der Waals surface area contributed by atoms with Gasteiger partial charge >= 0.3 is 0 Å². The SMILES string of the molecule is CN(Cc1ccccc1Br)C(=O)C1CC(=O)Nc2cc(F)ccc21. The van der Waals surface area contributed by atoms with Crippen molar-refractivity contribution in [1.29, 1.82) is 0 Å². The number of fused-ring (bicyclic) bond motifs is 1. The molecule has 1 heterocycles. The molecule has 4 nitrogen and oxygen atoms in total. The predicted molar refractivity (Wildman–Crippen MR) is 93.0 cm³/mol. The molecule has 2 amide bonds. The summed E-state index contributed by atoms with van der Waals surface area (Å²) >= 11 is 3.47. The number of amides is 2. The lowest BCUT2D eigenvalue weighted by atomic mass is 9.89. The van der Waals surface area contributed by atoms with Crippen LogP contribution in [0, 0.1) is 5.82 Å². The third-order valence-corrected chi connectivity index (χ3v) is 4.87. The first kappa shape index (κ1) is 16.6. The van der Waals surface area contributed by atoms with Gasteiger partial charge in [0.25, 0.3) is 0 Å². The van der Waals surface area contributed by atoms with Gasteiger partial charge in [0.15, 0.2) is 0 Å². The van der Waals surface area contributed by atoms with Crippen LogP contribution in [0.4, 0.5) is 10.1 Å². The summed E-state index contributed by atoms with van der Waals surface area (Å²) in [6, 6.07) is 11.8. The molecular formula is C18H16BrFN2O2. The van der Waals surface area contributed by atoms with Crippen LogP contribution in [0.25, 0.3) is 0 Å². The summed E-state index contributed by atoms with van der Waals surface area (Å²) in [6.07, 6.45) is 0.0672. The Morgan fingerprint density at radius 1 is 1.33 bits per heavy atom. The molecule has 0 saturated carbocycles. The second-order valence-corrected chi connectivity index (χ2v) is 6.68. The summed E-state index contributed by atoms with van der Waals surface area (Å²) < 4.78 is 14.3. The lowest BCUT2D eigenvalue weighted by Crippen LogP contribution is -2.36. The lowest BCUT2D eigenvalue weighted by molar-refractivity contribution is -0.134. The molecule has 2 aromatic carbocycles. The molecule has 1 unspecified atom stereocenters. The molecule has 2 aromatic rings. The number of hydrogen-bond donors (Lipinski definition) is 1. The first-order valence-electron chi connectivity index (χ1n) is 7.53. The van der Waals surface area contributed by atoms with Crippen molar-refractivity contribution in [3.8, 4) is 0 Å². The molecule has 0 fully saturated rings. The standard InChI is InChI=1S/C18H16BrFN2O2/c1-22(10-11-4-2-3-5-15(11)19)18(24)14-9-17(23)21-16-8-12(20)6-7-13(14)16/h2-8,14H,9-10H2,1H3,(H,21,23). The van der Waals surface area contributed by atoms with E-state index in [-0.39, 0.29) is 18.2 Å². The zero-order chi connectivity index (χ0) is 17.3. The summed E-state index contributed by atoms with van der Waals surface area (Å²) in [5.41, 5.74) is 2.01. The Labute approximate surface area is 147 Å². The molecule has 3 rings (SSSR count). The van der Waals surface area contributed by atoms with Crippen molar-refractivity contribution >= 4 is 33.4 Å². The first-order valence-corrected chi connectivity index (χ1v) is 8.32. The fourth-order valence-electron chi connectivity index (χ4n) is 2.88. The van der Waals surface area contributed by atoms with E-state index in [1.165, 1.54) is 12.1 Å². The van der Waals surface area contributed by atoms with Crippen LogP contribution < -0.4 is 5.32 Å². The molecule has 6 heteroatoms. The van der Waals surface area contributed by atoms with Crippen LogP contribution in [-0.4, -0.2) is 23.8 Å². The van der Waals surface area contributed by atoms with Gasteiger partial charge in [-0.05, 0) is 29.3 Å². The van der Waals surface area contributed by atoms with E-state index in [0.29, 0.717) is 17.8 Å². The van der Waals surface area contributed by atoms with Gasteiger partial charge in [0.2, 0.25) is 11.8 Å². The minimum atomic E-state index is -0.596. The van der Waals surface area contributed by atoms with Crippen molar-refractivity contribution in [3.05, 3.63) is 63.9 Å². The molecular weight excluding hydrogens is 375 g/mol. The molecule has 1 aliphatic heterocycles. The Kier molecular flexibility index (Phi) is 4.66. The predicted octanol–water partition coefficient (Wildman–Crippen LogP) is 3.67. The monoisotopic (exact) mass is 390 g/mol. The number of carbonyl (C=O) groups is 2. The highest BCUT2D eigenvalue weighted by molar-refractivity contribution is 9.10. The van der Waals surface area contributed by atoms with Gasteiger partial charge in [0.05, 0.1) is 5.92 Å². The quantitative estimate of drug-likeness (QED) is 0.868. The molecule has 124 valence electrons. The number of rotatable bonds is 3. The maximum atomic E-state index is 13.4. The third-order valence-electron chi connectivity index (χ3n) is 4.09. The Morgan fingerprint density at radius 2 is 2.08 bits per heavy atom. The fourth-order valence-corrected chi connectivity index (χ4v) is 3.29. The van der Waals surface area contributed by atoms with Gasteiger partial charge < -0.3 is 10.2 Å². The smallest absolute Gasteiger partial charge is 0.230 e. The van der Waals surface area contributed by atoms with E-state index in [9.17, 15) is 14.0 Å². The van der Waals surface area contributed by atoms with Crippen molar-refractivity contribution in [2.45, 2.75) is 18.9 Å². The molecule has 0 aromatic heterocycles. The van der Waals surface area contributed by atoms with Crippen molar-refractivity contribution in [2.75, 3.05) is 12.4 Å². The first-order chi connectivity index (χ1) is 11.5. The van der Waals surface area contributed by atoms with Crippen molar-refractivity contribution < 1.29 is 14.0 Å². The van der Waals surface area contributed by atoms with Gasteiger partial charge in [-0.25, -0.2) is 4.39 Å². The number of nitrogens with one attached hydrogen (secondary N) is 1. The molecule has 1 atom stereocenters. The van der Waals surface area contributed by atoms with Crippen LogP contribution in [0.15, 0.2) is 46.9 Å². The highest BCUT2D eigenvalue weighted by Crippen LogP contribution is 2.34. The minimum absolute atomic E-state index is 0.0672. The Balaban J connectivity index is 1.85. The number of anilines is 1. The third kappa shape index (κ3) is 3.33. The van der Waals surface area contributed by atoms with Gasteiger partial charge in [-0.3, -0.25) is 9.59 Å². The number of likely N-dealkylation sites (N-methyl/N-ethyl adjacent to an activating group) is 1. The average Bonchev–Trinajstić information content (AvgIpc) is 2.55. The fraction of sp³-hybridized carbons (Fsp3) is 0.222. The number of benzene rings is 2. The van der Waals surface area contributed by atoms with Gasteiger partial charge in [-0.2, -0.15) is 0 Å². The van der Waals surface area contributed by atoms with Crippen LogP contribution in [0.1, 0.15) is 23.5 Å². The summed E-state index contributed by atoms with van der Waals surface area (Å²) in [7, 11) is 1.71. The highest BCUT2D eigenvalue weighted by Gasteiger charge is 2.32. The average molecular weight is 391 g/mol. The summed E-state index contributed by atoms with van der Waals surface area (Å²) in [6.45, 7) is 0.425. The van der Waals surface area contributed by atoms with E-state index in [4.69, 9.17) is 0 Å². The van der Waals surface area contributed by atoms with Gasteiger partial charge in [0.1, 0.15) is 5.82 Å². The van der Waals surface area contributed by atoms with Crippen LogP contribution >= 0.6 is 15.9 Å². The summed E-state index contributed by atoms with van der Waals surface area (Å²) in [5.74, 6) is -1.47. The molecule has 0 radical (unpaired) electrons. The van der Waals surface area contributed by atoms with Crippen LogP contribution in [-0.2, 0) is 16.1 Å². The van der Waals surface area contributed by atoms with E-state index >= 15 is 0 Å². The topological polar surface area (TPSA) is 49.4 Å². The van der Waals surface area contributed by atoms with Crippen molar-refractivity contribution in [2.24, 2.45) is 0 Å². The number of hydrogen-bond acceptors (Lipinski definition) is 2. The molecule has 1 N–H and O–H groups in total. The number of halogens is 2. The van der Waals surface area contributed by atoms with E-state index in [1.54, 1.807) is 18.0 Å². The van der Waals surface area contributed by atoms with E-state index in [1.807, 2.05) is 24.3 Å². The largest absolute Gasteiger partial charge is 0.341 e. The van der Waals surface area contributed by atoms with E-state index in [2.05, 4.69) is 21.2 Å². The van der Waals surface area contributed by atoms with Gasteiger partial charge in [-0.1, -0.05) is 40.2 Å². The summed E-state index contributed by atoms with van der Waals surface area (Å²) in [4.78, 5) is 26.3. The van der Waals surface area contributed by atoms with Crippen molar-refractivity contribution in [1.82, 2.24) is 4.90 Å². The number of carbonyl (C=O) groups excluding carboxylic acids is 2. The van der Waals surface area contributed by atoms with E-state index < -0.39 is 11.7 Å². The highest BCUT2D eigenvalue weighted by atomic mass is 79.9. The minimum Gasteiger partial charge on any atom is -0.341 e. The molecule has 0 bridgehead atoms. The maximum absolute atomic E-state index is 13.4. The maximum Gasteiger partial charge on any atom is 0.230 e. The molecule has 24 heavy (non-hydrogen) atoms. The van der Waals surface area contributed by atoms with Crippen LogP contribution in [0.3, 0.4) is 0 Å². The second kappa shape index (κ2) is 6.73. The zero-order valence-corrected chi connectivity index (χ0v) is 14.6. The number of nitrogens with zero attached hydrogens (tertiary/aromatic N) is 1. The van der Waals surface area contributed by atoms with Gasteiger partial charge in [-0.15, -0.1) is 0 Å². The second-order valence-electron chi connectivity index (χ2n) is 5.82. The van der Waals surface area contributed by atoms with E-state index in [0.717, 1.165) is 10.0 Å². The summed E-state index contributed by atoms with van der Waals surface area (Å²) in [5, 5.41) is 2.63. The lowest BCUT2D eigenvalue weighted by Gasteiger charge is -2.29. The van der Waals surface area contributed by atoms with Crippen LogP contribution in [0.5, 0.6) is 0 Å². The molecule has 1 aliphatic rings. The Bertz CT molecular complexity index is 809. The Morgan fingerprint density at radius 3 is 2.83 bits per heavy atom. The zero-order valence-electron chi connectivity index (χ0n) is 13.1. The molecule has 0 spiro atoms. The molecule has 0 aliphatic carbocycles. The van der Waals surface area contributed by atoms with Gasteiger partial charge in [0, 0.05) is 30.2 Å². The molecule has 0 saturated heterocycles. The Hall–Kier alpha value is -2.21.